The SMILES string of the molecule is COc1ccc(CNC(=O)CCS)cc1C(C)C. The van der Waals surface area contributed by atoms with Gasteiger partial charge in [-0.05, 0) is 28.9 Å². The van der Waals surface area contributed by atoms with Crippen LogP contribution in [0.4, 0.5) is 0 Å². The van der Waals surface area contributed by atoms with Crippen LogP contribution >= 0.6 is 12.6 Å². The van der Waals surface area contributed by atoms with Crippen LogP contribution in [0.5, 0.6) is 5.75 Å². The fourth-order valence-corrected chi connectivity index (χ4v) is 1.94. The van der Waals surface area contributed by atoms with Crippen molar-refractivity contribution in [2.24, 2.45) is 0 Å². The highest BCUT2D eigenvalue weighted by Gasteiger charge is 2.08. The van der Waals surface area contributed by atoms with Crippen LogP contribution in [0.25, 0.3) is 0 Å². The number of ether oxygens (including phenoxy) is 1. The number of hydrogen-bond acceptors (Lipinski definition) is 3. The van der Waals surface area contributed by atoms with Gasteiger partial charge >= 0.3 is 0 Å². The molecule has 100 valence electrons. The van der Waals surface area contributed by atoms with Gasteiger partial charge in [-0.3, -0.25) is 4.79 Å². The third-order valence-corrected chi connectivity index (χ3v) is 2.97. The van der Waals surface area contributed by atoms with Gasteiger partial charge in [-0.15, -0.1) is 0 Å². The Balaban J connectivity index is 2.73. The Hall–Kier alpha value is -1.16. The normalized spacial score (nSPS) is 10.5. The minimum atomic E-state index is 0.0342. The van der Waals surface area contributed by atoms with Crippen LogP contribution in [0.1, 0.15) is 37.3 Å². The lowest BCUT2D eigenvalue weighted by Crippen LogP contribution is -2.22. The Bertz CT molecular complexity index is 405. The van der Waals surface area contributed by atoms with Crippen LogP contribution < -0.4 is 10.1 Å². The number of nitrogens with one attached hydrogen (secondary N) is 1. The van der Waals surface area contributed by atoms with E-state index in [1.165, 1.54) is 5.56 Å². The lowest BCUT2D eigenvalue weighted by molar-refractivity contribution is -0.120. The molecule has 18 heavy (non-hydrogen) atoms. The van der Waals surface area contributed by atoms with E-state index in [0.29, 0.717) is 24.6 Å². The van der Waals surface area contributed by atoms with E-state index in [-0.39, 0.29) is 5.91 Å². The van der Waals surface area contributed by atoms with Crippen molar-refractivity contribution in [1.82, 2.24) is 5.32 Å². The Morgan fingerprint density at radius 3 is 2.72 bits per heavy atom. The number of carbonyl (C=O) groups is 1. The summed E-state index contributed by atoms with van der Waals surface area (Å²) < 4.78 is 5.33. The molecule has 0 atom stereocenters. The lowest BCUT2D eigenvalue weighted by Gasteiger charge is -2.14. The summed E-state index contributed by atoms with van der Waals surface area (Å²) in [5.41, 5.74) is 2.26. The number of hydrogen-bond donors (Lipinski definition) is 2. The average molecular weight is 267 g/mol. The molecule has 1 aromatic carbocycles. The fourth-order valence-electron chi connectivity index (χ4n) is 1.74. The summed E-state index contributed by atoms with van der Waals surface area (Å²) in [6.07, 6.45) is 0.455. The maximum absolute atomic E-state index is 11.4. The summed E-state index contributed by atoms with van der Waals surface area (Å²) in [5, 5.41) is 2.87. The van der Waals surface area contributed by atoms with E-state index < -0.39 is 0 Å². The van der Waals surface area contributed by atoms with Crippen molar-refractivity contribution in [3.63, 3.8) is 0 Å². The number of methoxy groups -OCH3 is 1. The zero-order valence-corrected chi connectivity index (χ0v) is 12.1. The molecule has 0 aliphatic rings. The first-order valence-electron chi connectivity index (χ1n) is 6.12. The third-order valence-electron chi connectivity index (χ3n) is 2.74. The van der Waals surface area contributed by atoms with Gasteiger partial charge in [-0.1, -0.05) is 26.0 Å². The molecule has 0 aliphatic heterocycles. The van der Waals surface area contributed by atoms with Crippen molar-refractivity contribution < 1.29 is 9.53 Å². The molecule has 4 heteroatoms. The topological polar surface area (TPSA) is 38.3 Å². The summed E-state index contributed by atoms with van der Waals surface area (Å²) in [6, 6.07) is 6.02. The van der Waals surface area contributed by atoms with Crippen molar-refractivity contribution >= 4 is 18.5 Å². The Morgan fingerprint density at radius 1 is 1.44 bits per heavy atom. The summed E-state index contributed by atoms with van der Waals surface area (Å²) >= 11 is 4.03. The molecular formula is C14H21NO2S. The molecule has 0 aromatic heterocycles. The molecule has 0 fully saturated rings. The molecule has 0 aliphatic carbocycles. The summed E-state index contributed by atoms with van der Waals surface area (Å²) in [7, 11) is 1.68. The standard InChI is InChI=1S/C14H21NO2S/c1-10(2)12-8-11(4-5-13(12)17-3)9-15-14(16)6-7-18/h4-5,8,10,18H,6-7,9H2,1-3H3,(H,15,16). The highest BCUT2D eigenvalue weighted by atomic mass is 32.1. The van der Waals surface area contributed by atoms with E-state index in [1.807, 2.05) is 12.1 Å². The fraction of sp³-hybridized carbons (Fsp3) is 0.500. The second-order valence-electron chi connectivity index (χ2n) is 4.48. The van der Waals surface area contributed by atoms with Gasteiger partial charge in [0.25, 0.3) is 0 Å². The van der Waals surface area contributed by atoms with E-state index in [0.717, 1.165) is 11.3 Å². The molecule has 0 radical (unpaired) electrons. The molecule has 0 unspecified atom stereocenters. The second kappa shape index (κ2) is 7.31. The number of rotatable bonds is 6. The van der Waals surface area contributed by atoms with Gasteiger partial charge in [0.05, 0.1) is 7.11 Å². The van der Waals surface area contributed by atoms with Crippen LogP contribution in [0.3, 0.4) is 0 Å². The van der Waals surface area contributed by atoms with Gasteiger partial charge in [0.1, 0.15) is 5.75 Å². The van der Waals surface area contributed by atoms with Crippen molar-refractivity contribution in [2.45, 2.75) is 32.7 Å². The Morgan fingerprint density at radius 2 is 2.17 bits per heavy atom. The molecule has 1 N–H and O–H groups in total. The molecule has 1 aromatic rings. The molecular weight excluding hydrogens is 246 g/mol. The van der Waals surface area contributed by atoms with Gasteiger partial charge < -0.3 is 10.1 Å². The zero-order chi connectivity index (χ0) is 13.5. The summed E-state index contributed by atoms with van der Waals surface area (Å²) in [6.45, 7) is 4.80. The molecule has 0 saturated heterocycles. The predicted molar refractivity (Wildman–Crippen MR) is 77.4 cm³/mol. The van der Waals surface area contributed by atoms with E-state index in [4.69, 9.17) is 4.74 Å². The predicted octanol–water partition coefficient (Wildman–Crippen LogP) is 2.75. The van der Waals surface area contributed by atoms with E-state index in [1.54, 1.807) is 7.11 Å². The van der Waals surface area contributed by atoms with Gasteiger partial charge in [-0.25, -0.2) is 0 Å². The first-order valence-corrected chi connectivity index (χ1v) is 6.76. The van der Waals surface area contributed by atoms with Crippen LogP contribution in [0.15, 0.2) is 18.2 Å². The van der Waals surface area contributed by atoms with Crippen molar-refractivity contribution in [1.29, 1.82) is 0 Å². The quantitative estimate of drug-likeness (QED) is 0.778. The number of carbonyl (C=O) groups excluding carboxylic acids is 1. The van der Waals surface area contributed by atoms with Gasteiger partial charge in [0, 0.05) is 13.0 Å². The molecule has 3 nitrogen and oxygen atoms in total. The van der Waals surface area contributed by atoms with Crippen LogP contribution in [-0.2, 0) is 11.3 Å². The Kier molecular flexibility index (Phi) is 6.05. The second-order valence-corrected chi connectivity index (χ2v) is 4.93. The molecule has 0 saturated carbocycles. The van der Waals surface area contributed by atoms with E-state index in [9.17, 15) is 4.79 Å². The van der Waals surface area contributed by atoms with Gasteiger partial charge in [0.15, 0.2) is 0 Å². The lowest BCUT2D eigenvalue weighted by atomic mass is 9.99. The smallest absolute Gasteiger partial charge is 0.221 e. The monoisotopic (exact) mass is 267 g/mol. The first kappa shape index (κ1) is 14.9. The van der Waals surface area contributed by atoms with Gasteiger partial charge in [0.2, 0.25) is 5.91 Å². The van der Waals surface area contributed by atoms with Gasteiger partial charge in [-0.2, -0.15) is 12.6 Å². The van der Waals surface area contributed by atoms with E-state index in [2.05, 4.69) is 37.9 Å². The van der Waals surface area contributed by atoms with Crippen LogP contribution in [0.2, 0.25) is 0 Å². The molecule has 1 amide bonds. The first-order chi connectivity index (χ1) is 8.58. The Labute approximate surface area is 114 Å². The van der Waals surface area contributed by atoms with Crippen molar-refractivity contribution in [2.75, 3.05) is 12.9 Å². The van der Waals surface area contributed by atoms with Crippen molar-refractivity contribution in [3.8, 4) is 5.75 Å². The highest BCUT2D eigenvalue weighted by Crippen LogP contribution is 2.27. The largest absolute Gasteiger partial charge is 0.496 e. The molecule has 1 rings (SSSR count). The van der Waals surface area contributed by atoms with Crippen molar-refractivity contribution in [3.05, 3.63) is 29.3 Å². The number of amides is 1. The third kappa shape index (κ3) is 4.26. The summed E-state index contributed by atoms with van der Waals surface area (Å²) in [5.74, 6) is 1.90. The minimum Gasteiger partial charge on any atom is -0.496 e. The minimum absolute atomic E-state index is 0.0342. The molecule has 0 bridgehead atoms. The van der Waals surface area contributed by atoms with Crippen LogP contribution in [-0.4, -0.2) is 18.8 Å². The highest BCUT2D eigenvalue weighted by molar-refractivity contribution is 7.80. The van der Waals surface area contributed by atoms with E-state index >= 15 is 0 Å². The summed E-state index contributed by atoms with van der Waals surface area (Å²) in [4.78, 5) is 11.4. The van der Waals surface area contributed by atoms with Crippen LogP contribution in [0, 0.1) is 0 Å². The number of benzene rings is 1. The molecule has 0 spiro atoms. The molecule has 0 heterocycles. The average Bonchev–Trinajstić information content (AvgIpc) is 2.36. The number of thiol groups is 1. The maximum Gasteiger partial charge on any atom is 0.221 e. The maximum atomic E-state index is 11.4. The zero-order valence-electron chi connectivity index (χ0n) is 11.2.